The Bertz CT molecular complexity index is 694. The molecule has 21 heavy (non-hydrogen) atoms. The van der Waals surface area contributed by atoms with Gasteiger partial charge >= 0.3 is 0 Å². The lowest BCUT2D eigenvalue weighted by Gasteiger charge is -2.14. The fourth-order valence-corrected chi connectivity index (χ4v) is 3.94. The van der Waals surface area contributed by atoms with Crippen molar-refractivity contribution < 1.29 is 17.4 Å². The normalized spacial score (nSPS) is 14.5. The first-order chi connectivity index (χ1) is 9.52. The number of rotatable bonds is 5. The van der Waals surface area contributed by atoms with Crippen molar-refractivity contribution in [3.05, 3.63) is 27.2 Å². The van der Waals surface area contributed by atoms with Crippen LogP contribution in [0.1, 0.15) is 17.3 Å². The van der Waals surface area contributed by atoms with Gasteiger partial charge in [0.25, 0.3) is 15.0 Å². The van der Waals surface area contributed by atoms with Gasteiger partial charge in [0, 0.05) is 44.0 Å². The molecule has 0 saturated heterocycles. The van der Waals surface area contributed by atoms with Gasteiger partial charge in [0.1, 0.15) is 0 Å². The quantitative estimate of drug-likeness (QED) is 0.719. The lowest BCUT2D eigenvalue weighted by Crippen LogP contribution is -2.36. The van der Waals surface area contributed by atoms with Crippen molar-refractivity contribution in [3.63, 3.8) is 0 Å². The Balaban J connectivity index is 3.15. The fourth-order valence-electron chi connectivity index (χ4n) is 1.57. The molecule has 0 radical (unpaired) electrons. The van der Waals surface area contributed by atoms with Crippen LogP contribution >= 0.6 is 38.2 Å². The van der Waals surface area contributed by atoms with Gasteiger partial charge in [-0.3, -0.25) is 9.00 Å². The van der Waals surface area contributed by atoms with E-state index >= 15 is 0 Å². The topological polar surface area (TPSA) is 80.3 Å². The van der Waals surface area contributed by atoms with E-state index in [1.807, 2.05) is 0 Å². The Labute approximate surface area is 143 Å². The number of hydrogen-bond donors (Lipinski definition) is 1. The number of nitrogens with one attached hydrogen (secondary N) is 1. The minimum absolute atomic E-state index is 0.0287. The molecule has 2 atom stereocenters. The molecule has 1 aromatic carbocycles. The van der Waals surface area contributed by atoms with Gasteiger partial charge < -0.3 is 5.32 Å². The van der Waals surface area contributed by atoms with Crippen LogP contribution in [-0.4, -0.2) is 36.6 Å². The largest absolute Gasteiger partial charge is 0.349 e. The lowest BCUT2D eigenvalue weighted by atomic mass is 10.2. The van der Waals surface area contributed by atoms with Crippen molar-refractivity contribution in [3.8, 4) is 0 Å². The van der Waals surface area contributed by atoms with Crippen molar-refractivity contribution in [1.29, 1.82) is 0 Å². The number of amides is 1. The van der Waals surface area contributed by atoms with Crippen LogP contribution in [-0.2, 0) is 19.9 Å². The van der Waals surface area contributed by atoms with E-state index < -0.39 is 25.8 Å². The van der Waals surface area contributed by atoms with E-state index in [1.54, 1.807) is 6.92 Å². The summed E-state index contributed by atoms with van der Waals surface area (Å²) >= 11 is 9.07. The van der Waals surface area contributed by atoms with Crippen molar-refractivity contribution >= 4 is 64.0 Å². The van der Waals surface area contributed by atoms with Crippen LogP contribution in [0, 0.1) is 0 Å². The Morgan fingerprint density at radius 3 is 2.52 bits per heavy atom. The smallest absolute Gasteiger partial charge is 0.261 e. The molecule has 1 amide bonds. The van der Waals surface area contributed by atoms with E-state index in [9.17, 15) is 17.4 Å². The third-order valence-electron chi connectivity index (χ3n) is 2.39. The van der Waals surface area contributed by atoms with Crippen molar-refractivity contribution in [2.75, 3.05) is 12.0 Å². The highest BCUT2D eigenvalue weighted by Crippen LogP contribution is 2.31. The predicted octanol–water partition coefficient (Wildman–Crippen LogP) is 2.53. The lowest BCUT2D eigenvalue weighted by molar-refractivity contribution is 0.0943. The molecule has 0 aromatic heterocycles. The van der Waals surface area contributed by atoms with Crippen LogP contribution in [0.5, 0.6) is 0 Å². The van der Waals surface area contributed by atoms with E-state index in [4.69, 9.17) is 22.3 Å². The summed E-state index contributed by atoms with van der Waals surface area (Å²) in [4.78, 5) is 11.9. The minimum atomic E-state index is -3.99. The molecular weight excluding hydrogens is 425 g/mol. The van der Waals surface area contributed by atoms with E-state index in [-0.39, 0.29) is 31.7 Å². The van der Waals surface area contributed by atoms with E-state index in [2.05, 4.69) is 21.2 Å². The molecule has 1 rings (SSSR count). The molecule has 0 aliphatic rings. The summed E-state index contributed by atoms with van der Waals surface area (Å²) in [5, 5.41) is 2.67. The van der Waals surface area contributed by atoms with Crippen molar-refractivity contribution in [2.24, 2.45) is 0 Å². The molecule has 5 nitrogen and oxygen atoms in total. The van der Waals surface area contributed by atoms with Crippen LogP contribution in [0.15, 0.2) is 21.5 Å². The van der Waals surface area contributed by atoms with Crippen molar-refractivity contribution in [1.82, 2.24) is 5.32 Å². The Kier molecular flexibility index (Phi) is 6.67. The molecule has 0 saturated carbocycles. The van der Waals surface area contributed by atoms with Crippen LogP contribution in [0.2, 0.25) is 5.02 Å². The standard InChI is InChI=1S/C11H12BrCl2NO4S2/c1-6(5-20(2)17)15-11(16)8-3-7(21(14,18)19)4-9(12)10(8)13/h3-4,6H,5H2,1-2H3,(H,15,16). The van der Waals surface area contributed by atoms with Crippen LogP contribution in [0.3, 0.4) is 0 Å². The average molecular weight is 437 g/mol. The molecule has 118 valence electrons. The highest BCUT2D eigenvalue weighted by atomic mass is 79.9. The summed E-state index contributed by atoms with van der Waals surface area (Å²) in [6.45, 7) is 1.68. The maximum absolute atomic E-state index is 12.1. The molecule has 0 aliphatic heterocycles. The Morgan fingerprint density at radius 2 is 2.05 bits per heavy atom. The summed E-state index contributed by atoms with van der Waals surface area (Å²) in [6.07, 6.45) is 1.52. The SMILES string of the molecule is CC(CS(C)=O)NC(=O)c1cc(S(=O)(=O)Cl)cc(Br)c1Cl. The molecule has 1 aromatic rings. The van der Waals surface area contributed by atoms with Gasteiger partial charge in [0.15, 0.2) is 0 Å². The van der Waals surface area contributed by atoms with E-state index in [1.165, 1.54) is 12.3 Å². The van der Waals surface area contributed by atoms with Crippen LogP contribution < -0.4 is 5.32 Å². The maximum atomic E-state index is 12.1. The molecule has 0 spiro atoms. The summed E-state index contributed by atoms with van der Waals surface area (Å²) in [7, 11) is 0.209. The fraction of sp³-hybridized carbons (Fsp3) is 0.364. The molecule has 2 unspecified atom stereocenters. The molecule has 0 fully saturated rings. The summed E-state index contributed by atoms with van der Waals surface area (Å²) in [5.74, 6) is -0.293. The van der Waals surface area contributed by atoms with Crippen LogP contribution in [0.25, 0.3) is 0 Å². The van der Waals surface area contributed by atoms with E-state index in [0.29, 0.717) is 0 Å². The second-order valence-electron chi connectivity index (χ2n) is 4.32. The Hall–Kier alpha value is -0.150. The number of benzene rings is 1. The zero-order chi connectivity index (χ0) is 16.4. The highest BCUT2D eigenvalue weighted by Gasteiger charge is 2.20. The highest BCUT2D eigenvalue weighted by molar-refractivity contribution is 9.10. The van der Waals surface area contributed by atoms with Gasteiger partial charge in [-0.2, -0.15) is 0 Å². The molecule has 0 aliphatic carbocycles. The molecule has 0 heterocycles. The van der Waals surface area contributed by atoms with Gasteiger partial charge in [-0.05, 0) is 35.0 Å². The van der Waals surface area contributed by atoms with Crippen LogP contribution in [0.4, 0.5) is 0 Å². The molecule has 10 heteroatoms. The minimum Gasteiger partial charge on any atom is -0.349 e. The molecule has 0 bridgehead atoms. The van der Waals surface area contributed by atoms with Gasteiger partial charge in [0.2, 0.25) is 0 Å². The molecule has 1 N–H and O–H groups in total. The number of halogens is 3. The Morgan fingerprint density at radius 1 is 1.48 bits per heavy atom. The summed E-state index contributed by atoms with van der Waals surface area (Å²) in [5.41, 5.74) is -0.0287. The molecular formula is C11H12BrCl2NO4S2. The monoisotopic (exact) mass is 435 g/mol. The first-order valence-corrected chi connectivity index (χ1v) is 10.8. The first-order valence-electron chi connectivity index (χ1n) is 5.57. The summed E-state index contributed by atoms with van der Waals surface area (Å²) < 4.78 is 34.1. The third-order valence-corrected chi connectivity index (χ3v) is 5.95. The third kappa shape index (κ3) is 5.52. The first kappa shape index (κ1) is 18.9. The summed E-state index contributed by atoms with van der Waals surface area (Å²) in [6, 6.07) is 1.96. The van der Waals surface area contributed by atoms with Crippen molar-refractivity contribution in [2.45, 2.75) is 17.9 Å². The second kappa shape index (κ2) is 7.41. The number of carbonyl (C=O) groups is 1. The van der Waals surface area contributed by atoms with Gasteiger partial charge in [0.05, 0.1) is 15.5 Å². The number of hydrogen-bond acceptors (Lipinski definition) is 4. The predicted molar refractivity (Wildman–Crippen MR) is 88.1 cm³/mol. The van der Waals surface area contributed by atoms with Gasteiger partial charge in [-0.25, -0.2) is 8.42 Å². The van der Waals surface area contributed by atoms with Gasteiger partial charge in [-0.1, -0.05) is 11.6 Å². The maximum Gasteiger partial charge on any atom is 0.261 e. The average Bonchev–Trinajstić information content (AvgIpc) is 2.29. The zero-order valence-electron chi connectivity index (χ0n) is 11.0. The van der Waals surface area contributed by atoms with E-state index in [0.717, 1.165) is 6.07 Å². The number of carbonyl (C=O) groups excluding carboxylic acids is 1. The second-order valence-corrected chi connectivity index (χ2v) is 9.60. The van der Waals surface area contributed by atoms with Gasteiger partial charge in [-0.15, -0.1) is 0 Å². The zero-order valence-corrected chi connectivity index (χ0v) is 15.8.